The van der Waals surface area contributed by atoms with Crippen LogP contribution in [0.15, 0.2) is 42.5 Å². The molecule has 2 heterocycles. The van der Waals surface area contributed by atoms with Gasteiger partial charge in [0.25, 0.3) is 5.91 Å². The van der Waals surface area contributed by atoms with E-state index in [0.29, 0.717) is 35.7 Å². The zero-order valence-electron chi connectivity index (χ0n) is 18.3. The Balaban J connectivity index is 1.49. The summed E-state index contributed by atoms with van der Waals surface area (Å²) in [4.78, 5) is 14.1. The largest absolute Gasteiger partial charge is 0.496 e. The van der Waals surface area contributed by atoms with Gasteiger partial charge >= 0.3 is 12.4 Å². The third-order valence-electron chi connectivity index (χ3n) is 5.74. The molecule has 0 saturated carbocycles. The van der Waals surface area contributed by atoms with Crippen molar-refractivity contribution in [3.63, 3.8) is 0 Å². The number of aromatic nitrogens is 2. The summed E-state index contributed by atoms with van der Waals surface area (Å²) in [5.41, 5.74) is -2.87. The number of carbonyl (C=O) groups is 1. The van der Waals surface area contributed by atoms with Crippen molar-refractivity contribution in [2.24, 2.45) is 0 Å². The molecule has 0 spiro atoms. The number of ether oxygens (including phenoxy) is 1. The quantitative estimate of drug-likeness (QED) is 0.385. The van der Waals surface area contributed by atoms with Crippen molar-refractivity contribution >= 4 is 17.2 Å². The fourth-order valence-electron chi connectivity index (χ4n) is 3.92. The summed E-state index contributed by atoms with van der Waals surface area (Å²) in [5, 5.41) is 9.90. The Morgan fingerprint density at radius 3 is 2.14 bits per heavy atom. The first-order chi connectivity index (χ1) is 16.5. The number of likely N-dealkylation sites (tertiary alicyclic amines) is 1. The fraction of sp³-hybridized carbons (Fsp3) is 0.348. The van der Waals surface area contributed by atoms with E-state index in [1.54, 1.807) is 13.2 Å². The first-order valence-corrected chi connectivity index (χ1v) is 11.3. The molecule has 0 aliphatic carbocycles. The molecular formula is C23H19F6N3O2S. The van der Waals surface area contributed by atoms with Gasteiger partial charge in [0, 0.05) is 24.6 Å². The summed E-state index contributed by atoms with van der Waals surface area (Å²) in [6.45, 7) is 0.343. The van der Waals surface area contributed by atoms with Gasteiger partial charge in [-0.25, -0.2) is 0 Å². The second-order valence-corrected chi connectivity index (χ2v) is 9.02. The Morgan fingerprint density at radius 2 is 1.57 bits per heavy atom. The van der Waals surface area contributed by atoms with Crippen LogP contribution >= 0.6 is 11.3 Å². The van der Waals surface area contributed by atoms with Crippen molar-refractivity contribution < 1.29 is 35.9 Å². The van der Waals surface area contributed by atoms with Crippen molar-refractivity contribution in [2.45, 2.75) is 31.1 Å². The Kier molecular flexibility index (Phi) is 6.76. The van der Waals surface area contributed by atoms with E-state index in [1.165, 1.54) is 16.2 Å². The number of halogens is 6. The molecule has 4 rings (SSSR count). The van der Waals surface area contributed by atoms with E-state index in [2.05, 4.69) is 10.2 Å². The van der Waals surface area contributed by atoms with Crippen LogP contribution in [0.4, 0.5) is 26.3 Å². The van der Waals surface area contributed by atoms with Gasteiger partial charge in [-0.15, -0.1) is 10.2 Å². The van der Waals surface area contributed by atoms with Crippen LogP contribution < -0.4 is 4.74 Å². The number of carbonyl (C=O) groups excluding carboxylic acids is 1. The molecule has 5 nitrogen and oxygen atoms in total. The number of benzene rings is 2. The van der Waals surface area contributed by atoms with Crippen LogP contribution in [0.2, 0.25) is 0 Å². The van der Waals surface area contributed by atoms with E-state index in [0.717, 1.165) is 10.6 Å². The summed E-state index contributed by atoms with van der Waals surface area (Å²) in [6, 6.07) is 8.28. The SMILES string of the molecule is COc1ccccc1-c1nnc(C2CCN(C(=O)c3cc(C(F)(F)F)cc(C(F)(F)F)c3)CC2)s1. The van der Waals surface area contributed by atoms with Gasteiger partial charge in [-0.3, -0.25) is 4.79 Å². The van der Waals surface area contributed by atoms with Gasteiger partial charge < -0.3 is 9.64 Å². The molecule has 1 aliphatic heterocycles. The van der Waals surface area contributed by atoms with Crippen LogP contribution in [0.3, 0.4) is 0 Å². The minimum absolute atomic E-state index is 0.0117. The molecule has 2 aromatic carbocycles. The van der Waals surface area contributed by atoms with Crippen molar-refractivity contribution in [2.75, 3.05) is 20.2 Å². The van der Waals surface area contributed by atoms with E-state index in [9.17, 15) is 31.1 Å². The maximum atomic E-state index is 13.1. The van der Waals surface area contributed by atoms with Gasteiger partial charge in [0.15, 0.2) is 5.01 Å². The normalized spacial score (nSPS) is 15.3. The highest BCUT2D eigenvalue weighted by molar-refractivity contribution is 7.14. The monoisotopic (exact) mass is 515 g/mol. The smallest absolute Gasteiger partial charge is 0.416 e. The second kappa shape index (κ2) is 9.48. The average molecular weight is 515 g/mol. The summed E-state index contributed by atoms with van der Waals surface area (Å²) < 4.78 is 84.2. The molecule has 0 unspecified atom stereocenters. The number of alkyl halides is 6. The van der Waals surface area contributed by atoms with Crippen LogP contribution in [-0.2, 0) is 12.4 Å². The zero-order valence-corrected chi connectivity index (χ0v) is 19.1. The highest BCUT2D eigenvalue weighted by Gasteiger charge is 2.38. The van der Waals surface area contributed by atoms with E-state index < -0.39 is 35.0 Å². The van der Waals surface area contributed by atoms with E-state index in [-0.39, 0.29) is 25.1 Å². The molecule has 1 saturated heterocycles. The number of amides is 1. The molecule has 1 amide bonds. The Bertz CT molecular complexity index is 1180. The van der Waals surface area contributed by atoms with Crippen molar-refractivity contribution in [3.8, 4) is 16.3 Å². The summed E-state index contributed by atoms with van der Waals surface area (Å²) in [5.74, 6) is -0.255. The molecule has 1 aliphatic rings. The maximum Gasteiger partial charge on any atom is 0.416 e. The minimum Gasteiger partial charge on any atom is -0.496 e. The van der Waals surface area contributed by atoms with Gasteiger partial charge in [-0.1, -0.05) is 23.5 Å². The van der Waals surface area contributed by atoms with E-state index in [1.807, 2.05) is 18.2 Å². The Morgan fingerprint density at radius 1 is 0.971 bits per heavy atom. The number of para-hydroxylation sites is 1. The van der Waals surface area contributed by atoms with Crippen molar-refractivity contribution in [1.29, 1.82) is 0 Å². The number of piperidine rings is 1. The first-order valence-electron chi connectivity index (χ1n) is 10.5. The zero-order chi connectivity index (χ0) is 25.4. The molecule has 3 aromatic rings. The van der Waals surface area contributed by atoms with Crippen molar-refractivity contribution in [1.82, 2.24) is 15.1 Å². The van der Waals surface area contributed by atoms with Gasteiger partial charge in [0.05, 0.1) is 23.8 Å². The number of rotatable bonds is 4. The van der Waals surface area contributed by atoms with Crippen molar-refractivity contribution in [3.05, 3.63) is 64.2 Å². The predicted octanol–water partition coefficient (Wildman–Crippen LogP) is 6.27. The first kappa shape index (κ1) is 25.0. The standard InChI is InChI=1S/C23H19F6N3O2S/c1-34-18-5-3-2-4-17(18)20-31-30-19(35-20)13-6-8-32(9-7-13)21(33)14-10-15(22(24,25)26)12-16(11-14)23(27,28)29/h2-5,10-13H,6-9H2,1H3. The lowest BCUT2D eigenvalue weighted by Crippen LogP contribution is -2.38. The number of hydrogen-bond donors (Lipinski definition) is 0. The van der Waals surface area contributed by atoms with E-state index >= 15 is 0 Å². The maximum absolute atomic E-state index is 13.1. The summed E-state index contributed by atoms with van der Waals surface area (Å²) in [6.07, 6.45) is -9.12. The molecule has 0 radical (unpaired) electrons. The number of hydrogen-bond acceptors (Lipinski definition) is 5. The fourth-order valence-corrected chi connectivity index (χ4v) is 4.96. The molecule has 1 aromatic heterocycles. The molecule has 35 heavy (non-hydrogen) atoms. The van der Waals surface area contributed by atoms with Gasteiger partial charge in [-0.05, 0) is 43.2 Å². The highest BCUT2D eigenvalue weighted by Crippen LogP contribution is 2.38. The Labute approximate surface area is 200 Å². The third-order valence-corrected chi connectivity index (χ3v) is 6.86. The van der Waals surface area contributed by atoms with Crippen LogP contribution in [0.1, 0.15) is 45.3 Å². The van der Waals surface area contributed by atoms with E-state index in [4.69, 9.17) is 4.74 Å². The molecular weight excluding hydrogens is 496 g/mol. The highest BCUT2D eigenvalue weighted by atomic mass is 32.1. The summed E-state index contributed by atoms with van der Waals surface area (Å²) >= 11 is 1.38. The summed E-state index contributed by atoms with van der Waals surface area (Å²) in [7, 11) is 1.55. The molecule has 1 fully saturated rings. The predicted molar refractivity (Wildman–Crippen MR) is 116 cm³/mol. The molecule has 0 N–H and O–H groups in total. The van der Waals surface area contributed by atoms with Crippen LogP contribution in [0.25, 0.3) is 10.6 Å². The van der Waals surface area contributed by atoms with Gasteiger partial charge in [-0.2, -0.15) is 26.3 Å². The minimum atomic E-state index is -5.01. The topological polar surface area (TPSA) is 55.3 Å². The Hall–Kier alpha value is -3.15. The molecule has 0 atom stereocenters. The lowest BCUT2D eigenvalue weighted by molar-refractivity contribution is -0.143. The van der Waals surface area contributed by atoms with Gasteiger partial charge in [0.2, 0.25) is 0 Å². The third kappa shape index (κ3) is 5.42. The molecule has 186 valence electrons. The number of nitrogens with zero attached hydrogens (tertiary/aromatic N) is 3. The van der Waals surface area contributed by atoms with Crippen LogP contribution in [-0.4, -0.2) is 41.2 Å². The van der Waals surface area contributed by atoms with Crippen LogP contribution in [0, 0.1) is 0 Å². The molecule has 0 bridgehead atoms. The van der Waals surface area contributed by atoms with Gasteiger partial charge in [0.1, 0.15) is 10.8 Å². The molecule has 12 heteroatoms. The van der Waals surface area contributed by atoms with Crippen LogP contribution in [0.5, 0.6) is 5.75 Å². The lowest BCUT2D eigenvalue weighted by Gasteiger charge is -2.31. The number of methoxy groups -OCH3 is 1. The second-order valence-electron chi connectivity index (χ2n) is 8.01. The average Bonchev–Trinajstić information content (AvgIpc) is 3.32. The lowest BCUT2D eigenvalue weighted by atomic mass is 9.96.